The number of hydrogen-bond acceptors (Lipinski definition) is 2. The maximum atomic E-state index is 10.5. The quantitative estimate of drug-likeness (QED) is 0.341. The summed E-state index contributed by atoms with van der Waals surface area (Å²) in [5.74, 6) is 0.582. The minimum Gasteiger partial charge on any atom is -0.369 e. The lowest BCUT2D eigenvalue weighted by Crippen LogP contribution is -2.47. The molecule has 2 rings (SSSR count). The zero-order chi connectivity index (χ0) is 13.4. The van der Waals surface area contributed by atoms with Crippen LogP contribution in [0.25, 0.3) is 0 Å². The van der Waals surface area contributed by atoms with Gasteiger partial charge < -0.3 is 4.74 Å². The van der Waals surface area contributed by atoms with Gasteiger partial charge in [0.05, 0.1) is 12.2 Å². The van der Waals surface area contributed by atoms with Crippen LogP contribution in [0.3, 0.4) is 0 Å². The van der Waals surface area contributed by atoms with E-state index >= 15 is 0 Å². The van der Waals surface area contributed by atoms with E-state index in [-0.39, 0.29) is 11.0 Å². The number of carbonyl (C=O) groups is 1. The van der Waals surface area contributed by atoms with Gasteiger partial charge in [0.1, 0.15) is 6.29 Å². The minimum atomic E-state index is 0.148. The summed E-state index contributed by atoms with van der Waals surface area (Å²) in [7, 11) is 0. The van der Waals surface area contributed by atoms with Crippen molar-refractivity contribution >= 4 is 22.2 Å². The SMILES string of the molecule is C/C(=C/C=O)CCC1C2(CCC(Br)C1(C)C)CO2. The molecule has 2 nitrogen and oxygen atoms in total. The van der Waals surface area contributed by atoms with Crippen LogP contribution in [0.4, 0.5) is 0 Å². The predicted molar refractivity (Wildman–Crippen MR) is 77.0 cm³/mol. The molecule has 1 spiro atoms. The lowest BCUT2D eigenvalue weighted by molar-refractivity contribution is -0.104. The van der Waals surface area contributed by atoms with Gasteiger partial charge in [-0.1, -0.05) is 35.4 Å². The van der Waals surface area contributed by atoms with Gasteiger partial charge in [0.2, 0.25) is 0 Å². The first kappa shape index (κ1) is 14.3. The molecule has 0 aromatic carbocycles. The summed E-state index contributed by atoms with van der Waals surface area (Å²) in [5, 5.41) is 0. The molecule has 0 radical (unpaired) electrons. The van der Waals surface area contributed by atoms with Crippen molar-refractivity contribution in [3.05, 3.63) is 11.6 Å². The molecule has 0 N–H and O–H groups in total. The fourth-order valence-corrected chi connectivity index (χ4v) is 4.01. The number of rotatable bonds is 4. The number of carbonyl (C=O) groups excluding carboxylic acids is 1. The van der Waals surface area contributed by atoms with Crippen LogP contribution in [0.2, 0.25) is 0 Å². The van der Waals surface area contributed by atoms with Crippen molar-refractivity contribution in [2.24, 2.45) is 11.3 Å². The summed E-state index contributed by atoms with van der Waals surface area (Å²) in [6.07, 6.45) is 7.06. The average Bonchev–Trinajstić information content (AvgIpc) is 3.05. The van der Waals surface area contributed by atoms with Crippen LogP contribution in [0.15, 0.2) is 11.6 Å². The van der Waals surface area contributed by atoms with Gasteiger partial charge in [-0.25, -0.2) is 0 Å². The Bertz CT molecular complexity index is 356. The van der Waals surface area contributed by atoms with E-state index in [1.165, 1.54) is 18.4 Å². The third-order valence-corrected chi connectivity index (χ3v) is 6.49. The van der Waals surface area contributed by atoms with Crippen LogP contribution in [0, 0.1) is 11.3 Å². The highest BCUT2D eigenvalue weighted by molar-refractivity contribution is 9.09. The third-order valence-electron chi connectivity index (χ3n) is 4.86. The van der Waals surface area contributed by atoms with Crippen molar-refractivity contribution in [2.45, 2.75) is 56.9 Å². The molecule has 18 heavy (non-hydrogen) atoms. The number of allylic oxidation sites excluding steroid dienone is 2. The fourth-order valence-electron chi connectivity index (χ4n) is 3.46. The summed E-state index contributed by atoms with van der Waals surface area (Å²) in [4.78, 5) is 11.0. The van der Waals surface area contributed by atoms with E-state index in [1.54, 1.807) is 6.08 Å². The summed E-state index contributed by atoms with van der Waals surface area (Å²) in [5.41, 5.74) is 1.58. The molecule has 1 saturated carbocycles. The maximum absolute atomic E-state index is 10.5. The molecule has 0 amide bonds. The van der Waals surface area contributed by atoms with E-state index in [0.29, 0.717) is 10.7 Å². The first-order valence-corrected chi connectivity index (χ1v) is 7.73. The van der Waals surface area contributed by atoms with Crippen LogP contribution in [-0.2, 0) is 9.53 Å². The lowest BCUT2D eigenvalue weighted by atomic mass is 9.61. The molecule has 1 aliphatic carbocycles. The van der Waals surface area contributed by atoms with E-state index in [9.17, 15) is 4.79 Å². The van der Waals surface area contributed by atoms with Crippen LogP contribution in [0.1, 0.15) is 46.5 Å². The van der Waals surface area contributed by atoms with Crippen molar-refractivity contribution in [1.29, 1.82) is 0 Å². The highest BCUT2D eigenvalue weighted by Crippen LogP contribution is 2.57. The van der Waals surface area contributed by atoms with Gasteiger partial charge in [-0.3, -0.25) is 4.79 Å². The number of alkyl halides is 1. The second kappa shape index (κ2) is 5.09. The van der Waals surface area contributed by atoms with Crippen LogP contribution in [0.5, 0.6) is 0 Å². The molecular weight excluding hydrogens is 292 g/mol. The Morgan fingerprint density at radius 3 is 2.72 bits per heavy atom. The van der Waals surface area contributed by atoms with Crippen molar-refractivity contribution in [2.75, 3.05) is 6.61 Å². The summed E-state index contributed by atoms with van der Waals surface area (Å²) in [6, 6.07) is 0. The first-order valence-electron chi connectivity index (χ1n) is 6.81. The Balaban J connectivity index is 2.07. The van der Waals surface area contributed by atoms with Crippen molar-refractivity contribution in [3.8, 4) is 0 Å². The zero-order valence-electron chi connectivity index (χ0n) is 11.5. The van der Waals surface area contributed by atoms with E-state index < -0.39 is 0 Å². The van der Waals surface area contributed by atoms with Gasteiger partial charge in [-0.05, 0) is 50.0 Å². The van der Waals surface area contributed by atoms with Crippen LogP contribution in [-0.4, -0.2) is 23.3 Å². The van der Waals surface area contributed by atoms with Crippen molar-refractivity contribution < 1.29 is 9.53 Å². The zero-order valence-corrected chi connectivity index (χ0v) is 13.1. The van der Waals surface area contributed by atoms with Gasteiger partial charge in [-0.15, -0.1) is 0 Å². The van der Waals surface area contributed by atoms with Gasteiger partial charge in [0, 0.05) is 4.83 Å². The molecule has 1 heterocycles. The molecular formula is C15H23BrO2. The molecule has 1 saturated heterocycles. The standard InChI is InChI=1S/C15H23BrO2/c1-11(7-9-17)4-5-12-14(2,3)13(16)6-8-15(12)10-18-15/h7,9,12-13H,4-6,8,10H2,1-3H3/b11-7-. The van der Waals surface area contributed by atoms with Gasteiger partial charge in [-0.2, -0.15) is 0 Å². The molecule has 3 heteroatoms. The monoisotopic (exact) mass is 314 g/mol. The van der Waals surface area contributed by atoms with Crippen molar-refractivity contribution in [1.82, 2.24) is 0 Å². The smallest absolute Gasteiger partial charge is 0.142 e. The van der Waals surface area contributed by atoms with E-state index in [1.807, 2.05) is 6.92 Å². The van der Waals surface area contributed by atoms with Crippen molar-refractivity contribution in [3.63, 3.8) is 0 Å². The molecule has 0 aromatic rings. The lowest BCUT2D eigenvalue weighted by Gasteiger charge is -2.46. The Labute approximate surface area is 118 Å². The second-order valence-electron chi connectivity index (χ2n) is 6.42. The maximum Gasteiger partial charge on any atom is 0.142 e. The molecule has 2 aliphatic rings. The molecule has 2 fully saturated rings. The fraction of sp³-hybridized carbons (Fsp3) is 0.800. The van der Waals surface area contributed by atoms with Crippen LogP contribution >= 0.6 is 15.9 Å². The normalized spacial score (nSPS) is 38.8. The number of halogens is 1. The molecule has 0 bridgehead atoms. The highest BCUT2D eigenvalue weighted by Gasteiger charge is 2.60. The average molecular weight is 315 g/mol. The third kappa shape index (κ3) is 2.57. The molecule has 3 unspecified atom stereocenters. The molecule has 1 aliphatic heterocycles. The summed E-state index contributed by atoms with van der Waals surface area (Å²) in [6.45, 7) is 7.66. The largest absolute Gasteiger partial charge is 0.369 e. The summed E-state index contributed by atoms with van der Waals surface area (Å²) >= 11 is 3.84. The second-order valence-corrected chi connectivity index (χ2v) is 7.53. The molecule has 3 atom stereocenters. The van der Waals surface area contributed by atoms with E-state index in [4.69, 9.17) is 4.74 Å². The predicted octanol–water partition coefficient (Wildman–Crippen LogP) is 3.88. The number of hydrogen-bond donors (Lipinski definition) is 0. The van der Waals surface area contributed by atoms with Gasteiger partial charge in [0.25, 0.3) is 0 Å². The Morgan fingerprint density at radius 1 is 1.50 bits per heavy atom. The van der Waals surface area contributed by atoms with Crippen LogP contribution < -0.4 is 0 Å². The number of ether oxygens (including phenoxy) is 1. The first-order chi connectivity index (χ1) is 8.42. The topological polar surface area (TPSA) is 29.6 Å². The van der Waals surface area contributed by atoms with Gasteiger partial charge in [0.15, 0.2) is 0 Å². The minimum absolute atomic E-state index is 0.148. The van der Waals surface area contributed by atoms with E-state index in [2.05, 4.69) is 29.8 Å². The Kier molecular flexibility index (Phi) is 4.03. The number of aldehydes is 1. The summed E-state index contributed by atoms with van der Waals surface area (Å²) < 4.78 is 5.82. The Morgan fingerprint density at radius 2 is 2.17 bits per heavy atom. The number of epoxide rings is 1. The van der Waals surface area contributed by atoms with E-state index in [0.717, 1.165) is 25.7 Å². The van der Waals surface area contributed by atoms with Gasteiger partial charge >= 0.3 is 0 Å². The molecule has 102 valence electrons. The molecule has 0 aromatic heterocycles. The Hall–Kier alpha value is -0.150. The highest BCUT2D eigenvalue weighted by atomic mass is 79.9.